The summed E-state index contributed by atoms with van der Waals surface area (Å²) in [6.07, 6.45) is 2.50. The van der Waals surface area contributed by atoms with Gasteiger partial charge in [0.2, 0.25) is 0 Å². The molecule has 1 atom stereocenters. The van der Waals surface area contributed by atoms with Crippen LogP contribution in [-0.4, -0.2) is 9.78 Å². The van der Waals surface area contributed by atoms with Crippen molar-refractivity contribution >= 4 is 0 Å². The number of rotatable bonds is 3. The predicted molar refractivity (Wildman–Crippen MR) is 81.6 cm³/mol. The van der Waals surface area contributed by atoms with Gasteiger partial charge in [0.25, 0.3) is 0 Å². The molecule has 0 saturated carbocycles. The normalized spacial score (nSPS) is 17.6. The molecule has 3 rings (SSSR count). The van der Waals surface area contributed by atoms with E-state index in [0.717, 1.165) is 41.4 Å². The SMILES string of the molecule is Cc1nn(C)c(C)c1CN[C@@H]1CCCc2c(F)cc(F)cc21. The van der Waals surface area contributed by atoms with E-state index in [1.165, 1.54) is 6.07 Å². The minimum atomic E-state index is -0.501. The monoisotopic (exact) mass is 305 g/mol. The minimum absolute atomic E-state index is 0.00652. The van der Waals surface area contributed by atoms with Gasteiger partial charge < -0.3 is 5.32 Å². The van der Waals surface area contributed by atoms with Gasteiger partial charge in [0.15, 0.2) is 0 Å². The molecule has 5 heteroatoms. The Morgan fingerprint density at radius 2 is 2.09 bits per heavy atom. The lowest BCUT2D eigenvalue weighted by Crippen LogP contribution is -2.26. The second kappa shape index (κ2) is 5.80. The van der Waals surface area contributed by atoms with Crippen LogP contribution in [0.3, 0.4) is 0 Å². The Morgan fingerprint density at radius 3 is 2.77 bits per heavy atom. The summed E-state index contributed by atoms with van der Waals surface area (Å²) in [6.45, 7) is 4.68. The lowest BCUT2D eigenvalue weighted by atomic mass is 9.87. The van der Waals surface area contributed by atoms with Gasteiger partial charge in [0, 0.05) is 37.0 Å². The van der Waals surface area contributed by atoms with Gasteiger partial charge in [-0.3, -0.25) is 4.68 Å². The molecule has 1 aliphatic carbocycles. The van der Waals surface area contributed by atoms with Crippen molar-refractivity contribution in [1.29, 1.82) is 0 Å². The van der Waals surface area contributed by atoms with Gasteiger partial charge in [-0.05, 0) is 50.3 Å². The molecule has 118 valence electrons. The summed E-state index contributed by atoms with van der Waals surface area (Å²) in [5, 5.41) is 7.86. The molecule has 0 fully saturated rings. The number of hydrogen-bond donors (Lipinski definition) is 1. The number of halogens is 2. The standard InChI is InChI=1S/C17H21F2N3/c1-10-15(11(2)22(3)21-10)9-20-17-6-4-5-13-14(17)7-12(18)8-16(13)19/h7-8,17,20H,4-6,9H2,1-3H3/t17-/m1/s1. The third kappa shape index (κ3) is 2.65. The van der Waals surface area contributed by atoms with Crippen LogP contribution in [-0.2, 0) is 20.0 Å². The highest BCUT2D eigenvalue weighted by Crippen LogP contribution is 2.32. The molecule has 1 aromatic heterocycles. The van der Waals surface area contributed by atoms with Gasteiger partial charge in [-0.2, -0.15) is 5.10 Å². The van der Waals surface area contributed by atoms with E-state index >= 15 is 0 Å². The molecular formula is C17H21F2N3. The first-order valence-electron chi connectivity index (χ1n) is 7.67. The van der Waals surface area contributed by atoms with E-state index in [4.69, 9.17) is 0 Å². The Labute approximate surface area is 129 Å². The molecule has 0 bridgehead atoms. The molecule has 1 aromatic carbocycles. The molecule has 0 spiro atoms. The number of nitrogens with one attached hydrogen (secondary N) is 1. The van der Waals surface area contributed by atoms with Gasteiger partial charge in [-0.25, -0.2) is 8.78 Å². The van der Waals surface area contributed by atoms with E-state index in [1.54, 1.807) is 0 Å². The van der Waals surface area contributed by atoms with Crippen molar-refractivity contribution in [2.24, 2.45) is 7.05 Å². The van der Waals surface area contributed by atoms with Gasteiger partial charge >= 0.3 is 0 Å². The maximum absolute atomic E-state index is 13.9. The molecule has 1 aliphatic rings. The van der Waals surface area contributed by atoms with Crippen molar-refractivity contribution in [2.45, 2.75) is 45.7 Å². The molecule has 0 unspecified atom stereocenters. The molecule has 0 amide bonds. The minimum Gasteiger partial charge on any atom is -0.306 e. The number of benzene rings is 1. The Bertz CT molecular complexity index is 706. The summed E-state index contributed by atoms with van der Waals surface area (Å²) >= 11 is 0. The first kappa shape index (κ1) is 15.2. The van der Waals surface area contributed by atoms with Crippen LogP contribution in [0.1, 0.15) is 47.0 Å². The molecular weight excluding hydrogens is 284 g/mol. The zero-order valence-corrected chi connectivity index (χ0v) is 13.2. The molecule has 0 aliphatic heterocycles. The fraction of sp³-hybridized carbons (Fsp3) is 0.471. The smallest absolute Gasteiger partial charge is 0.129 e. The van der Waals surface area contributed by atoms with Crippen molar-refractivity contribution in [1.82, 2.24) is 15.1 Å². The van der Waals surface area contributed by atoms with Crippen LogP contribution in [0.25, 0.3) is 0 Å². The first-order chi connectivity index (χ1) is 10.5. The third-order valence-corrected chi connectivity index (χ3v) is 4.67. The van der Waals surface area contributed by atoms with Crippen LogP contribution in [0.2, 0.25) is 0 Å². The number of aryl methyl sites for hydroxylation is 2. The second-order valence-electron chi connectivity index (χ2n) is 6.05. The highest BCUT2D eigenvalue weighted by Gasteiger charge is 2.24. The average Bonchev–Trinajstić information content (AvgIpc) is 2.70. The van der Waals surface area contributed by atoms with Crippen LogP contribution in [0.15, 0.2) is 12.1 Å². The van der Waals surface area contributed by atoms with Gasteiger partial charge in [0.1, 0.15) is 11.6 Å². The Kier molecular flexibility index (Phi) is 4.00. The largest absolute Gasteiger partial charge is 0.306 e. The number of fused-ring (bicyclic) bond motifs is 1. The van der Waals surface area contributed by atoms with E-state index in [2.05, 4.69) is 10.4 Å². The van der Waals surface area contributed by atoms with Crippen LogP contribution < -0.4 is 5.32 Å². The Hall–Kier alpha value is -1.75. The van der Waals surface area contributed by atoms with E-state index in [0.29, 0.717) is 18.5 Å². The fourth-order valence-electron chi connectivity index (χ4n) is 3.35. The topological polar surface area (TPSA) is 29.9 Å². The summed E-state index contributed by atoms with van der Waals surface area (Å²) in [7, 11) is 1.92. The molecule has 22 heavy (non-hydrogen) atoms. The second-order valence-corrected chi connectivity index (χ2v) is 6.05. The van der Waals surface area contributed by atoms with Crippen molar-refractivity contribution in [2.75, 3.05) is 0 Å². The number of aromatic nitrogens is 2. The summed E-state index contributed by atoms with van der Waals surface area (Å²) in [5.41, 5.74) is 4.69. The van der Waals surface area contributed by atoms with Crippen molar-refractivity contribution in [3.05, 3.63) is 51.8 Å². The third-order valence-electron chi connectivity index (χ3n) is 4.67. The molecule has 0 saturated heterocycles. The highest BCUT2D eigenvalue weighted by atomic mass is 19.1. The summed E-state index contributed by atoms with van der Waals surface area (Å²) in [5.74, 6) is -0.922. The van der Waals surface area contributed by atoms with E-state index in [-0.39, 0.29) is 6.04 Å². The van der Waals surface area contributed by atoms with Gasteiger partial charge in [-0.15, -0.1) is 0 Å². The van der Waals surface area contributed by atoms with E-state index in [9.17, 15) is 8.78 Å². The number of hydrogen-bond acceptors (Lipinski definition) is 2. The molecule has 0 radical (unpaired) electrons. The molecule has 1 heterocycles. The maximum atomic E-state index is 13.9. The van der Waals surface area contributed by atoms with Crippen LogP contribution in [0, 0.1) is 25.5 Å². The first-order valence-corrected chi connectivity index (χ1v) is 7.67. The predicted octanol–water partition coefficient (Wildman–Crippen LogP) is 3.48. The summed E-state index contributed by atoms with van der Waals surface area (Å²) < 4.78 is 29.3. The summed E-state index contributed by atoms with van der Waals surface area (Å²) in [4.78, 5) is 0. The molecule has 2 aromatic rings. The van der Waals surface area contributed by atoms with Gasteiger partial charge in [-0.1, -0.05) is 0 Å². The van der Waals surface area contributed by atoms with Crippen molar-refractivity contribution in [3.8, 4) is 0 Å². The fourth-order valence-corrected chi connectivity index (χ4v) is 3.35. The zero-order valence-electron chi connectivity index (χ0n) is 13.2. The highest BCUT2D eigenvalue weighted by molar-refractivity contribution is 5.34. The average molecular weight is 305 g/mol. The zero-order chi connectivity index (χ0) is 15.9. The van der Waals surface area contributed by atoms with Crippen LogP contribution >= 0.6 is 0 Å². The van der Waals surface area contributed by atoms with Gasteiger partial charge in [0.05, 0.1) is 5.69 Å². The summed E-state index contributed by atoms with van der Waals surface area (Å²) in [6, 6.07) is 2.45. The van der Waals surface area contributed by atoms with E-state index < -0.39 is 11.6 Å². The van der Waals surface area contributed by atoms with Crippen molar-refractivity contribution in [3.63, 3.8) is 0 Å². The maximum Gasteiger partial charge on any atom is 0.129 e. The van der Waals surface area contributed by atoms with E-state index in [1.807, 2.05) is 25.6 Å². The Morgan fingerprint density at radius 1 is 1.32 bits per heavy atom. The van der Waals surface area contributed by atoms with Crippen molar-refractivity contribution < 1.29 is 8.78 Å². The molecule has 3 nitrogen and oxygen atoms in total. The quantitative estimate of drug-likeness (QED) is 0.941. The Balaban J connectivity index is 1.83. The molecule has 1 N–H and O–H groups in total. The van der Waals surface area contributed by atoms with Crippen LogP contribution in [0.5, 0.6) is 0 Å². The number of nitrogens with zero attached hydrogens (tertiary/aromatic N) is 2. The van der Waals surface area contributed by atoms with Crippen LogP contribution in [0.4, 0.5) is 8.78 Å². The lowest BCUT2D eigenvalue weighted by molar-refractivity contribution is 0.441. The lowest BCUT2D eigenvalue weighted by Gasteiger charge is -2.27.